The van der Waals surface area contributed by atoms with Crippen molar-refractivity contribution in [2.45, 2.75) is 19.1 Å². The van der Waals surface area contributed by atoms with Gasteiger partial charge in [-0.1, -0.05) is 30.3 Å². The number of hydrogen-bond donors (Lipinski definition) is 1. The fourth-order valence-electron chi connectivity index (χ4n) is 2.61. The van der Waals surface area contributed by atoms with Crippen LogP contribution in [0.4, 0.5) is 5.69 Å². The van der Waals surface area contributed by atoms with Crippen molar-refractivity contribution >= 4 is 11.7 Å². The van der Waals surface area contributed by atoms with Gasteiger partial charge in [-0.25, -0.2) is 4.79 Å². The van der Waals surface area contributed by atoms with Crippen LogP contribution in [0.2, 0.25) is 0 Å². The molecule has 2 aromatic carbocycles. The molecule has 0 unspecified atom stereocenters. The molecule has 0 radical (unpaired) electrons. The number of nitrogens with one attached hydrogen (secondary N) is 1. The highest BCUT2D eigenvalue weighted by Gasteiger charge is 2.30. The second kappa shape index (κ2) is 6.57. The topological polar surface area (TPSA) is 47.6 Å². The molecule has 0 spiro atoms. The van der Waals surface area contributed by atoms with E-state index in [1.165, 1.54) is 0 Å². The summed E-state index contributed by atoms with van der Waals surface area (Å²) in [7, 11) is 1.64. The highest BCUT2D eigenvalue weighted by Crippen LogP contribution is 2.30. The van der Waals surface area contributed by atoms with E-state index >= 15 is 0 Å². The van der Waals surface area contributed by atoms with Gasteiger partial charge in [0.05, 0.1) is 13.2 Å². The fourth-order valence-corrected chi connectivity index (χ4v) is 2.61. The Balaban J connectivity index is 1.87. The molecule has 0 amide bonds. The molecule has 3 rings (SSSR count). The van der Waals surface area contributed by atoms with Crippen molar-refractivity contribution < 1.29 is 14.3 Å². The van der Waals surface area contributed by atoms with Gasteiger partial charge in [0.15, 0.2) is 0 Å². The molecule has 0 saturated carbocycles. The number of methoxy groups -OCH3 is 1. The van der Waals surface area contributed by atoms with Crippen LogP contribution in [-0.4, -0.2) is 19.2 Å². The highest BCUT2D eigenvalue weighted by molar-refractivity contribution is 5.90. The van der Waals surface area contributed by atoms with Crippen molar-refractivity contribution in [2.75, 3.05) is 12.4 Å². The van der Waals surface area contributed by atoms with Crippen LogP contribution in [0.15, 0.2) is 66.2 Å². The lowest BCUT2D eigenvalue weighted by atomic mass is 10.0. The molecule has 0 fully saturated rings. The Kier molecular flexibility index (Phi) is 4.33. The fraction of sp³-hybridized carbons (Fsp3) is 0.211. The Morgan fingerprint density at radius 2 is 1.78 bits per heavy atom. The predicted molar refractivity (Wildman–Crippen MR) is 89.4 cm³/mol. The highest BCUT2D eigenvalue weighted by atomic mass is 16.5. The summed E-state index contributed by atoms with van der Waals surface area (Å²) in [6.45, 7) is 1.78. The summed E-state index contributed by atoms with van der Waals surface area (Å²) in [5.41, 5.74) is 2.65. The van der Waals surface area contributed by atoms with Gasteiger partial charge in [0.25, 0.3) is 0 Å². The van der Waals surface area contributed by atoms with Gasteiger partial charge >= 0.3 is 5.97 Å². The van der Waals surface area contributed by atoms with Crippen molar-refractivity contribution in [3.8, 4) is 5.75 Å². The molecule has 118 valence electrons. The van der Waals surface area contributed by atoms with Gasteiger partial charge in [-0.2, -0.15) is 0 Å². The zero-order chi connectivity index (χ0) is 16.2. The Hall–Kier alpha value is -2.75. The minimum Gasteiger partial charge on any atom is -0.497 e. The molecule has 0 bridgehead atoms. The van der Waals surface area contributed by atoms with E-state index in [2.05, 4.69) is 5.32 Å². The van der Waals surface area contributed by atoms with Gasteiger partial charge in [0, 0.05) is 11.3 Å². The molecule has 2 atom stereocenters. The first-order chi connectivity index (χ1) is 11.2. The molecule has 1 N–H and O–H groups in total. The Morgan fingerprint density at radius 1 is 1.09 bits per heavy atom. The molecular formula is C19H19NO3. The van der Waals surface area contributed by atoms with E-state index in [-0.39, 0.29) is 18.1 Å². The van der Waals surface area contributed by atoms with Gasteiger partial charge in [0.1, 0.15) is 11.9 Å². The van der Waals surface area contributed by atoms with Crippen LogP contribution < -0.4 is 10.1 Å². The quantitative estimate of drug-likeness (QED) is 0.855. The number of ether oxygens (including phenoxy) is 2. The van der Waals surface area contributed by atoms with Crippen LogP contribution in [-0.2, 0) is 9.53 Å². The molecule has 23 heavy (non-hydrogen) atoms. The Bertz CT molecular complexity index is 707. The molecule has 4 heteroatoms. The third-order valence-electron chi connectivity index (χ3n) is 3.88. The van der Waals surface area contributed by atoms with Gasteiger partial charge in [0.2, 0.25) is 0 Å². The lowest BCUT2D eigenvalue weighted by Crippen LogP contribution is -2.25. The van der Waals surface area contributed by atoms with Crippen molar-refractivity contribution in [1.29, 1.82) is 0 Å². The van der Waals surface area contributed by atoms with Crippen molar-refractivity contribution in [1.82, 2.24) is 0 Å². The summed E-state index contributed by atoms with van der Waals surface area (Å²) >= 11 is 0. The summed E-state index contributed by atoms with van der Waals surface area (Å²) in [6, 6.07) is 17.5. The van der Waals surface area contributed by atoms with E-state index in [4.69, 9.17) is 9.47 Å². The molecule has 4 nitrogen and oxygen atoms in total. The summed E-state index contributed by atoms with van der Waals surface area (Å²) < 4.78 is 10.7. The predicted octanol–water partition coefficient (Wildman–Crippen LogP) is 3.72. The lowest BCUT2D eigenvalue weighted by Gasteiger charge is -2.24. The number of cyclic esters (lactones) is 1. The Labute approximate surface area is 135 Å². The van der Waals surface area contributed by atoms with Crippen LogP contribution in [0.1, 0.15) is 18.5 Å². The largest absolute Gasteiger partial charge is 0.497 e. The van der Waals surface area contributed by atoms with E-state index in [9.17, 15) is 4.79 Å². The lowest BCUT2D eigenvalue weighted by molar-refractivity contribution is -0.140. The van der Waals surface area contributed by atoms with Gasteiger partial charge in [-0.05, 0) is 42.8 Å². The average Bonchev–Trinajstić information content (AvgIpc) is 2.93. The zero-order valence-electron chi connectivity index (χ0n) is 13.2. The number of benzene rings is 2. The summed E-state index contributed by atoms with van der Waals surface area (Å²) in [4.78, 5) is 11.7. The standard InChI is InChI=1S/C19H19NO3/c1-13-12-17(23-19(13)21)18(14-6-4-3-5-7-14)20-15-8-10-16(22-2)11-9-15/h3-12,17-18,20H,1-2H3/t17-,18-/m0/s1. The summed E-state index contributed by atoms with van der Waals surface area (Å²) in [5.74, 6) is 0.544. The normalized spacial score (nSPS) is 18.1. The van der Waals surface area contributed by atoms with Crippen molar-refractivity contribution in [2.24, 2.45) is 0 Å². The van der Waals surface area contributed by atoms with E-state index in [1.54, 1.807) is 14.0 Å². The maximum Gasteiger partial charge on any atom is 0.334 e. The molecule has 0 aromatic heterocycles. The van der Waals surface area contributed by atoms with Crippen LogP contribution in [0.25, 0.3) is 0 Å². The van der Waals surface area contributed by atoms with Gasteiger partial charge in [-0.3, -0.25) is 0 Å². The monoisotopic (exact) mass is 309 g/mol. The zero-order valence-corrected chi connectivity index (χ0v) is 13.2. The second-order valence-electron chi connectivity index (χ2n) is 5.48. The van der Waals surface area contributed by atoms with Crippen molar-refractivity contribution in [3.05, 3.63) is 71.8 Å². The minimum absolute atomic E-state index is 0.147. The summed E-state index contributed by atoms with van der Waals surface area (Å²) in [5, 5.41) is 3.45. The average molecular weight is 309 g/mol. The number of esters is 1. The molecule has 1 aliphatic rings. The van der Waals surface area contributed by atoms with Crippen molar-refractivity contribution in [3.63, 3.8) is 0 Å². The third-order valence-corrected chi connectivity index (χ3v) is 3.88. The van der Waals surface area contributed by atoms with Crippen LogP contribution in [0.3, 0.4) is 0 Å². The number of rotatable bonds is 5. The van der Waals surface area contributed by atoms with E-state index in [1.807, 2.05) is 60.7 Å². The number of carbonyl (C=O) groups excluding carboxylic acids is 1. The number of hydrogen-bond acceptors (Lipinski definition) is 4. The van der Waals surface area contributed by atoms with Gasteiger partial charge in [-0.15, -0.1) is 0 Å². The SMILES string of the molecule is COc1ccc(N[C@@H](c2ccccc2)[C@@H]2C=C(C)C(=O)O2)cc1. The molecule has 0 saturated heterocycles. The second-order valence-corrected chi connectivity index (χ2v) is 5.48. The third kappa shape index (κ3) is 3.37. The number of anilines is 1. The van der Waals surface area contributed by atoms with Crippen LogP contribution >= 0.6 is 0 Å². The van der Waals surface area contributed by atoms with Gasteiger partial charge < -0.3 is 14.8 Å². The maximum atomic E-state index is 11.7. The van der Waals surface area contributed by atoms with E-state index < -0.39 is 0 Å². The van der Waals surface area contributed by atoms with Crippen LogP contribution in [0, 0.1) is 0 Å². The van der Waals surface area contributed by atoms with E-state index in [0.29, 0.717) is 5.57 Å². The van der Waals surface area contributed by atoms with E-state index in [0.717, 1.165) is 17.0 Å². The maximum absolute atomic E-state index is 11.7. The first-order valence-corrected chi connectivity index (χ1v) is 7.52. The first kappa shape index (κ1) is 15.2. The minimum atomic E-state index is -0.327. The first-order valence-electron chi connectivity index (χ1n) is 7.52. The molecule has 1 aliphatic heterocycles. The Morgan fingerprint density at radius 3 is 2.35 bits per heavy atom. The summed E-state index contributed by atoms with van der Waals surface area (Å²) in [6.07, 6.45) is 1.54. The molecule has 1 heterocycles. The molecule has 2 aromatic rings. The smallest absolute Gasteiger partial charge is 0.334 e. The molecule has 0 aliphatic carbocycles. The molecular weight excluding hydrogens is 290 g/mol. The number of carbonyl (C=O) groups is 1. The van der Waals surface area contributed by atoms with Crippen LogP contribution in [0.5, 0.6) is 5.75 Å².